The summed E-state index contributed by atoms with van der Waals surface area (Å²) in [4.78, 5) is 25.0. The quantitative estimate of drug-likeness (QED) is 0.813. The van der Waals surface area contributed by atoms with Crippen LogP contribution in [-0.4, -0.2) is 48.7 Å². The summed E-state index contributed by atoms with van der Waals surface area (Å²) in [6.07, 6.45) is 3.30. The first-order chi connectivity index (χ1) is 8.63. The van der Waals surface area contributed by atoms with E-state index in [4.69, 9.17) is 9.84 Å². The van der Waals surface area contributed by atoms with Gasteiger partial charge in [0.15, 0.2) is 0 Å². The molecule has 2 rings (SSSR count). The SMILES string of the molecule is COCC1CCN(C(=O)C2CCC2C(=O)O)CC1. The van der Waals surface area contributed by atoms with E-state index in [0.717, 1.165) is 39.0 Å². The van der Waals surface area contributed by atoms with E-state index in [0.29, 0.717) is 12.3 Å². The lowest BCUT2D eigenvalue weighted by Crippen LogP contribution is -2.48. The molecule has 0 aromatic heterocycles. The average Bonchev–Trinajstić information content (AvgIpc) is 2.28. The molecule has 0 aromatic rings. The monoisotopic (exact) mass is 255 g/mol. The summed E-state index contributed by atoms with van der Waals surface area (Å²) in [7, 11) is 1.70. The van der Waals surface area contributed by atoms with Crippen molar-refractivity contribution >= 4 is 11.9 Å². The first kappa shape index (κ1) is 13.3. The van der Waals surface area contributed by atoms with Gasteiger partial charge >= 0.3 is 5.97 Å². The molecule has 0 aromatic carbocycles. The van der Waals surface area contributed by atoms with Gasteiger partial charge in [-0.05, 0) is 31.6 Å². The van der Waals surface area contributed by atoms with Crippen molar-refractivity contribution in [1.29, 1.82) is 0 Å². The molecule has 0 bridgehead atoms. The number of piperidine rings is 1. The third-order valence-corrected chi connectivity index (χ3v) is 4.24. The number of aliphatic carboxylic acids is 1. The maximum absolute atomic E-state index is 12.2. The molecule has 18 heavy (non-hydrogen) atoms. The first-order valence-corrected chi connectivity index (χ1v) is 6.64. The number of ether oxygens (including phenoxy) is 1. The summed E-state index contributed by atoms with van der Waals surface area (Å²) in [5, 5.41) is 8.98. The maximum atomic E-state index is 12.2. The number of carbonyl (C=O) groups is 2. The Hall–Kier alpha value is -1.10. The number of carboxylic acid groups (broad SMARTS) is 1. The number of carbonyl (C=O) groups excluding carboxylic acids is 1. The Labute approximate surface area is 107 Å². The van der Waals surface area contributed by atoms with Crippen LogP contribution in [0.2, 0.25) is 0 Å². The molecule has 1 heterocycles. The van der Waals surface area contributed by atoms with Crippen molar-refractivity contribution in [2.75, 3.05) is 26.8 Å². The van der Waals surface area contributed by atoms with Crippen LogP contribution in [-0.2, 0) is 14.3 Å². The zero-order chi connectivity index (χ0) is 13.1. The molecule has 1 amide bonds. The van der Waals surface area contributed by atoms with E-state index in [9.17, 15) is 9.59 Å². The summed E-state index contributed by atoms with van der Waals surface area (Å²) in [5.41, 5.74) is 0. The van der Waals surface area contributed by atoms with Crippen LogP contribution < -0.4 is 0 Å². The summed E-state index contributed by atoms with van der Waals surface area (Å²) >= 11 is 0. The molecule has 2 aliphatic rings. The molecule has 1 aliphatic carbocycles. The maximum Gasteiger partial charge on any atom is 0.307 e. The predicted octanol–water partition coefficient (Wildman–Crippen LogP) is 0.982. The Balaban J connectivity index is 1.82. The third kappa shape index (κ3) is 2.66. The van der Waals surface area contributed by atoms with Crippen LogP contribution in [0.3, 0.4) is 0 Å². The fourth-order valence-electron chi connectivity index (χ4n) is 2.88. The van der Waals surface area contributed by atoms with E-state index >= 15 is 0 Å². The van der Waals surface area contributed by atoms with Crippen LogP contribution in [0.15, 0.2) is 0 Å². The average molecular weight is 255 g/mol. The van der Waals surface area contributed by atoms with Crippen molar-refractivity contribution in [2.45, 2.75) is 25.7 Å². The number of likely N-dealkylation sites (tertiary alicyclic amines) is 1. The molecule has 2 atom stereocenters. The van der Waals surface area contributed by atoms with E-state index < -0.39 is 11.9 Å². The van der Waals surface area contributed by atoms with Gasteiger partial charge in [-0.2, -0.15) is 0 Å². The van der Waals surface area contributed by atoms with Gasteiger partial charge in [0.25, 0.3) is 0 Å². The normalized spacial score (nSPS) is 28.8. The Morgan fingerprint density at radius 2 is 1.78 bits per heavy atom. The summed E-state index contributed by atoms with van der Waals surface area (Å²) in [6, 6.07) is 0. The molecule has 2 unspecified atom stereocenters. The van der Waals surface area contributed by atoms with Crippen LogP contribution in [0, 0.1) is 17.8 Å². The lowest BCUT2D eigenvalue weighted by atomic mass is 9.72. The second-order valence-electron chi connectivity index (χ2n) is 5.35. The molecule has 102 valence electrons. The van der Waals surface area contributed by atoms with Gasteiger partial charge in [-0.1, -0.05) is 0 Å². The number of methoxy groups -OCH3 is 1. The second kappa shape index (κ2) is 5.69. The third-order valence-electron chi connectivity index (χ3n) is 4.24. The molecule has 1 N–H and O–H groups in total. The van der Waals surface area contributed by atoms with Crippen LogP contribution in [0.4, 0.5) is 0 Å². The number of amides is 1. The highest BCUT2D eigenvalue weighted by molar-refractivity contribution is 5.86. The Morgan fingerprint density at radius 1 is 1.17 bits per heavy atom. The molecule has 1 saturated carbocycles. The minimum atomic E-state index is -0.825. The van der Waals surface area contributed by atoms with E-state index in [1.54, 1.807) is 7.11 Å². The fourth-order valence-corrected chi connectivity index (χ4v) is 2.88. The molecule has 5 nitrogen and oxygen atoms in total. The van der Waals surface area contributed by atoms with Gasteiger partial charge in [-0.25, -0.2) is 0 Å². The zero-order valence-corrected chi connectivity index (χ0v) is 10.8. The Kier molecular flexibility index (Phi) is 4.22. The van der Waals surface area contributed by atoms with E-state index in [1.165, 1.54) is 0 Å². The lowest BCUT2D eigenvalue weighted by molar-refractivity contribution is -0.157. The largest absolute Gasteiger partial charge is 0.481 e. The lowest BCUT2D eigenvalue weighted by Gasteiger charge is -2.39. The van der Waals surface area contributed by atoms with Gasteiger partial charge in [-0.3, -0.25) is 9.59 Å². The highest BCUT2D eigenvalue weighted by atomic mass is 16.5. The minimum Gasteiger partial charge on any atom is -0.481 e. The molecule has 1 saturated heterocycles. The van der Waals surface area contributed by atoms with Crippen molar-refractivity contribution in [2.24, 2.45) is 17.8 Å². The van der Waals surface area contributed by atoms with Crippen molar-refractivity contribution in [1.82, 2.24) is 4.90 Å². The second-order valence-corrected chi connectivity index (χ2v) is 5.35. The number of hydrogen-bond donors (Lipinski definition) is 1. The fraction of sp³-hybridized carbons (Fsp3) is 0.846. The van der Waals surface area contributed by atoms with Crippen molar-refractivity contribution in [3.8, 4) is 0 Å². The van der Waals surface area contributed by atoms with Crippen LogP contribution >= 0.6 is 0 Å². The van der Waals surface area contributed by atoms with E-state index in [2.05, 4.69) is 0 Å². The van der Waals surface area contributed by atoms with Gasteiger partial charge < -0.3 is 14.7 Å². The molecule has 0 spiro atoms. The standard InChI is InChI=1S/C13H21NO4/c1-18-8-9-4-6-14(7-5-9)12(15)10-2-3-11(10)13(16)17/h9-11H,2-8H2,1H3,(H,16,17). The van der Waals surface area contributed by atoms with Gasteiger partial charge in [-0.15, -0.1) is 0 Å². The highest BCUT2D eigenvalue weighted by Gasteiger charge is 2.43. The number of hydrogen-bond acceptors (Lipinski definition) is 3. The van der Waals surface area contributed by atoms with Crippen molar-refractivity contribution in [3.05, 3.63) is 0 Å². The van der Waals surface area contributed by atoms with Gasteiger partial charge in [0.05, 0.1) is 11.8 Å². The van der Waals surface area contributed by atoms with Gasteiger partial charge in [0.1, 0.15) is 0 Å². The summed E-state index contributed by atoms with van der Waals surface area (Å²) in [5.74, 6) is -0.968. The first-order valence-electron chi connectivity index (χ1n) is 6.64. The van der Waals surface area contributed by atoms with Crippen molar-refractivity contribution in [3.63, 3.8) is 0 Å². The molecular weight excluding hydrogens is 234 g/mol. The van der Waals surface area contributed by atoms with Gasteiger partial charge in [0, 0.05) is 26.8 Å². The predicted molar refractivity (Wildman–Crippen MR) is 65.0 cm³/mol. The molecule has 1 aliphatic heterocycles. The zero-order valence-electron chi connectivity index (χ0n) is 10.8. The number of carboxylic acids is 1. The van der Waals surface area contributed by atoms with E-state index in [-0.39, 0.29) is 11.8 Å². The highest BCUT2D eigenvalue weighted by Crippen LogP contribution is 2.36. The molecule has 5 heteroatoms. The smallest absolute Gasteiger partial charge is 0.307 e. The molecular formula is C13H21NO4. The summed E-state index contributed by atoms with van der Waals surface area (Å²) in [6.45, 7) is 2.24. The molecule has 0 radical (unpaired) electrons. The number of nitrogens with zero attached hydrogens (tertiary/aromatic N) is 1. The minimum absolute atomic E-state index is 0.0458. The topological polar surface area (TPSA) is 66.8 Å². The van der Waals surface area contributed by atoms with Crippen LogP contribution in [0.25, 0.3) is 0 Å². The van der Waals surface area contributed by atoms with E-state index in [1.807, 2.05) is 4.90 Å². The van der Waals surface area contributed by atoms with Crippen LogP contribution in [0.1, 0.15) is 25.7 Å². The Morgan fingerprint density at radius 3 is 2.22 bits per heavy atom. The Bertz CT molecular complexity index is 323. The number of rotatable bonds is 4. The molecule has 2 fully saturated rings. The van der Waals surface area contributed by atoms with Crippen molar-refractivity contribution < 1.29 is 19.4 Å². The van der Waals surface area contributed by atoms with Crippen LogP contribution in [0.5, 0.6) is 0 Å². The van der Waals surface area contributed by atoms with Gasteiger partial charge in [0.2, 0.25) is 5.91 Å². The summed E-state index contributed by atoms with van der Waals surface area (Å²) < 4.78 is 5.12.